The number of hydrogen-bond acceptors (Lipinski definition) is 0. The van der Waals surface area contributed by atoms with Crippen molar-refractivity contribution >= 4 is 5.57 Å². The number of pyridine rings is 2. The zero-order valence-electron chi connectivity index (χ0n) is 22.2. The van der Waals surface area contributed by atoms with Crippen LogP contribution >= 0.6 is 0 Å². The van der Waals surface area contributed by atoms with E-state index in [9.17, 15) is 0 Å². The standard InChI is InChI=1S/C35H34N2/c1-4-23-19-33-34-29-18-25-10-6-7-11-26(25)27(29)15-16-31(34)35(37(33)21-24(23)5-2)30-13-9-8-12-28(30)32-17-14-22(3)20-36(32)35/h8-9,12-17,19-21H,4-7,10-11,18H2,1-3H3/q+2. The van der Waals surface area contributed by atoms with Gasteiger partial charge in [-0.15, -0.1) is 9.13 Å². The lowest BCUT2D eigenvalue weighted by atomic mass is 9.86. The summed E-state index contributed by atoms with van der Waals surface area (Å²) in [6.07, 6.45) is 13.4. The molecule has 2 aromatic carbocycles. The van der Waals surface area contributed by atoms with Crippen molar-refractivity contribution in [2.75, 3.05) is 0 Å². The third kappa shape index (κ3) is 2.56. The molecule has 0 amide bonds. The van der Waals surface area contributed by atoms with E-state index < -0.39 is 5.66 Å². The van der Waals surface area contributed by atoms with E-state index in [1.165, 1.54) is 81.6 Å². The SMILES string of the molecule is CCc1cc2[n+](cc1CC)C1(c3ccccc3-c3ccc(C)c[n+]31)c1ccc3c(c1-2)CC1=C3CCCC1. The van der Waals surface area contributed by atoms with E-state index in [0.29, 0.717) is 0 Å². The summed E-state index contributed by atoms with van der Waals surface area (Å²) in [6.45, 7) is 6.84. The van der Waals surface area contributed by atoms with Gasteiger partial charge in [-0.25, -0.2) is 0 Å². The molecule has 0 saturated carbocycles. The van der Waals surface area contributed by atoms with Crippen LogP contribution in [0.4, 0.5) is 0 Å². The second-order valence-electron chi connectivity index (χ2n) is 11.4. The predicted molar refractivity (Wildman–Crippen MR) is 148 cm³/mol. The third-order valence-corrected chi connectivity index (χ3v) is 9.64. The third-order valence-electron chi connectivity index (χ3n) is 9.64. The molecule has 0 radical (unpaired) electrons. The van der Waals surface area contributed by atoms with Crippen LogP contribution in [0.15, 0.2) is 72.6 Å². The number of aromatic nitrogens is 2. The number of nitrogens with zero attached hydrogens (tertiary/aromatic N) is 2. The molecule has 1 atom stereocenters. The summed E-state index contributed by atoms with van der Waals surface area (Å²) < 4.78 is 5.24. The molecule has 0 N–H and O–H groups in total. The van der Waals surface area contributed by atoms with E-state index in [0.717, 1.165) is 19.3 Å². The highest BCUT2D eigenvalue weighted by atomic mass is 15.3. The van der Waals surface area contributed by atoms with E-state index in [2.05, 4.69) is 96.9 Å². The maximum Gasteiger partial charge on any atom is 0.417 e. The van der Waals surface area contributed by atoms with Gasteiger partial charge in [-0.05, 0) is 98.4 Å². The van der Waals surface area contributed by atoms with Crippen molar-refractivity contribution in [3.05, 3.63) is 112 Å². The Hall–Kier alpha value is -3.52. The first kappa shape index (κ1) is 21.6. The van der Waals surface area contributed by atoms with Gasteiger partial charge in [-0.1, -0.05) is 37.6 Å². The predicted octanol–water partition coefficient (Wildman–Crippen LogP) is 6.84. The fourth-order valence-electron chi connectivity index (χ4n) is 8.03. The molecule has 182 valence electrons. The summed E-state index contributed by atoms with van der Waals surface area (Å²) in [5, 5.41) is 0. The molecule has 0 bridgehead atoms. The topological polar surface area (TPSA) is 7.76 Å². The van der Waals surface area contributed by atoms with Crippen molar-refractivity contribution in [3.63, 3.8) is 0 Å². The minimum atomic E-state index is -0.392. The smallest absolute Gasteiger partial charge is 0.125 e. The van der Waals surface area contributed by atoms with Gasteiger partial charge >= 0.3 is 5.66 Å². The van der Waals surface area contributed by atoms with Crippen molar-refractivity contribution in [2.24, 2.45) is 0 Å². The van der Waals surface area contributed by atoms with Crippen LogP contribution in [0.2, 0.25) is 0 Å². The first-order valence-corrected chi connectivity index (χ1v) is 14.2. The molecule has 1 spiro atoms. The average Bonchev–Trinajstić information content (AvgIpc) is 3.55. The van der Waals surface area contributed by atoms with Crippen LogP contribution in [-0.2, 0) is 24.9 Å². The highest BCUT2D eigenvalue weighted by Crippen LogP contribution is 2.52. The van der Waals surface area contributed by atoms with Gasteiger partial charge in [0.1, 0.15) is 11.1 Å². The summed E-state index contributed by atoms with van der Waals surface area (Å²) >= 11 is 0. The second kappa shape index (κ2) is 7.51. The largest absolute Gasteiger partial charge is 0.417 e. The van der Waals surface area contributed by atoms with Crippen LogP contribution in [0.3, 0.4) is 0 Å². The molecule has 2 nitrogen and oxygen atoms in total. The molecule has 4 aliphatic rings. The number of aryl methyl sites for hydroxylation is 3. The van der Waals surface area contributed by atoms with E-state index >= 15 is 0 Å². The molecular weight excluding hydrogens is 448 g/mol. The van der Waals surface area contributed by atoms with Crippen molar-refractivity contribution in [1.82, 2.24) is 0 Å². The number of rotatable bonds is 2. The normalized spacial score (nSPS) is 20.0. The van der Waals surface area contributed by atoms with Crippen LogP contribution in [0.25, 0.3) is 28.1 Å². The Morgan fingerprint density at radius 1 is 0.757 bits per heavy atom. The van der Waals surface area contributed by atoms with Crippen LogP contribution in [0, 0.1) is 6.92 Å². The summed E-state index contributed by atoms with van der Waals surface area (Å²) in [4.78, 5) is 0. The Kier molecular flexibility index (Phi) is 4.37. The van der Waals surface area contributed by atoms with Gasteiger partial charge in [0.15, 0.2) is 12.4 Å². The monoisotopic (exact) mass is 482 g/mol. The van der Waals surface area contributed by atoms with Crippen molar-refractivity contribution in [1.29, 1.82) is 0 Å². The van der Waals surface area contributed by atoms with E-state index in [-0.39, 0.29) is 0 Å². The summed E-state index contributed by atoms with van der Waals surface area (Å²) in [5.74, 6) is 0. The molecule has 4 aromatic rings. The van der Waals surface area contributed by atoms with Crippen LogP contribution in [0.5, 0.6) is 0 Å². The first-order valence-electron chi connectivity index (χ1n) is 14.2. The lowest BCUT2D eigenvalue weighted by Gasteiger charge is -2.19. The molecule has 4 heterocycles. The van der Waals surface area contributed by atoms with Gasteiger partial charge in [0.2, 0.25) is 11.4 Å². The fourth-order valence-corrected chi connectivity index (χ4v) is 8.03. The molecule has 2 aliphatic heterocycles. The number of fused-ring (bicyclic) bond motifs is 13. The Bertz CT molecular complexity index is 1690. The molecule has 2 aliphatic carbocycles. The second-order valence-corrected chi connectivity index (χ2v) is 11.4. The maximum atomic E-state index is 2.65. The van der Waals surface area contributed by atoms with E-state index in [1.54, 1.807) is 16.7 Å². The quantitative estimate of drug-likeness (QED) is 0.239. The number of allylic oxidation sites excluding steroid dienone is 2. The lowest BCUT2D eigenvalue weighted by molar-refractivity contribution is -0.955. The minimum Gasteiger partial charge on any atom is -0.125 e. The summed E-state index contributed by atoms with van der Waals surface area (Å²) in [7, 11) is 0. The molecule has 37 heavy (non-hydrogen) atoms. The van der Waals surface area contributed by atoms with Gasteiger partial charge in [-0.3, -0.25) is 0 Å². The number of benzene rings is 2. The highest BCUT2D eigenvalue weighted by molar-refractivity contribution is 5.86. The average molecular weight is 483 g/mol. The number of hydrogen-bond donors (Lipinski definition) is 0. The Morgan fingerprint density at radius 3 is 2.43 bits per heavy atom. The first-order chi connectivity index (χ1) is 18.2. The molecule has 0 saturated heterocycles. The summed E-state index contributed by atoms with van der Waals surface area (Å²) in [5.41, 5.74) is 18.8. The zero-order valence-corrected chi connectivity index (χ0v) is 22.2. The molecule has 8 rings (SSSR count). The fraction of sp³-hybridized carbons (Fsp3) is 0.314. The maximum absolute atomic E-state index is 2.65. The van der Waals surface area contributed by atoms with Crippen LogP contribution in [-0.4, -0.2) is 0 Å². The van der Waals surface area contributed by atoms with E-state index in [4.69, 9.17) is 0 Å². The van der Waals surface area contributed by atoms with Crippen molar-refractivity contribution in [2.45, 2.75) is 71.4 Å². The van der Waals surface area contributed by atoms with Gasteiger partial charge in [0.05, 0.1) is 11.1 Å². The van der Waals surface area contributed by atoms with Crippen molar-refractivity contribution < 1.29 is 9.13 Å². The Labute approximate surface area is 219 Å². The van der Waals surface area contributed by atoms with Crippen molar-refractivity contribution in [3.8, 4) is 22.5 Å². The lowest BCUT2D eigenvalue weighted by Crippen LogP contribution is -2.71. The minimum absolute atomic E-state index is 0.392. The van der Waals surface area contributed by atoms with Gasteiger partial charge in [0, 0.05) is 23.3 Å². The van der Waals surface area contributed by atoms with Gasteiger partial charge in [0.25, 0.3) is 0 Å². The Morgan fingerprint density at radius 2 is 1.57 bits per heavy atom. The molecular formula is C35H34N2+2. The molecule has 1 unspecified atom stereocenters. The van der Waals surface area contributed by atoms with Gasteiger partial charge in [-0.2, -0.15) is 0 Å². The van der Waals surface area contributed by atoms with Gasteiger partial charge < -0.3 is 0 Å². The zero-order chi connectivity index (χ0) is 24.9. The van der Waals surface area contributed by atoms with E-state index in [1.807, 2.05) is 0 Å². The highest BCUT2D eigenvalue weighted by Gasteiger charge is 2.67. The molecule has 2 heteroatoms. The van der Waals surface area contributed by atoms with Crippen LogP contribution in [0.1, 0.15) is 78.5 Å². The Balaban J connectivity index is 1.54. The summed E-state index contributed by atoms with van der Waals surface area (Å²) in [6, 6.07) is 21.2. The van der Waals surface area contributed by atoms with Crippen LogP contribution < -0.4 is 9.13 Å². The molecule has 2 aromatic heterocycles. The molecule has 0 fully saturated rings.